The molecule has 1 amide bonds. The zero-order valence-corrected chi connectivity index (χ0v) is 13.8. The Morgan fingerprint density at radius 2 is 1.83 bits per heavy atom. The predicted octanol–water partition coefficient (Wildman–Crippen LogP) is 2.51. The molecule has 0 spiro atoms. The van der Waals surface area contributed by atoms with Gasteiger partial charge in [-0.05, 0) is 54.9 Å². The normalized spacial score (nSPS) is 20.9. The van der Waals surface area contributed by atoms with Crippen molar-refractivity contribution in [2.24, 2.45) is 5.92 Å². The largest absolute Gasteiger partial charge is 0.393 e. The third-order valence-electron chi connectivity index (χ3n) is 4.75. The number of hydrogen-bond acceptors (Lipinski definition) is 3. The van der Waals surface area contributed by atoms with Crippen LogP contribution in [0.1, 0.15) is 30.4 Å². The predicted molar refractivity (Wildman–Crippen MR) is 93.4 cm³/mol. The second kappa shape index (κ2) is 8.06. The molecular formula is C20H24N2O2. The zero-order valence-electron chi connectivity index (χ0n) is 13.8. The molecule has 0 aliphatic heterocycles. The molecule has 4 nitrogen and oxygen atoms in total. The molecule has 1 unspecified atom stereocenters. The first-order valence-electron chi connectivity index (χ1n) is 8.61. The zero-order chi connectivity index (χ0) is 16.8. The first-order chi connectivity index (χ1) is 11.7. The lowest BCUT2D eigenvalue weighted by molar-refractivity contribution is -0.122. The number of benzene rings is 1. The van der Waals surface area contributed by atoms with Crippen LogP contribution in [0, 0.1) is 5.92 Å². The van der Waals surface area contributed by atoms with Crippen LogP contribution >= 0.6 is 0 Å². The fourth-order valence-corrected chi connectivity index (χ4v) is 3.25. The number of amides is 1. The lowest BCUT2D eigenvalue weighted by atomic mass is 9.75. The van der Waals surface area contributed by atoms with Gasteiger partial charge >= 0.3 is 0 Å². The first-order valence-corrected chi connectivity index (χ1v) is 8.61. The van der Waals surface area contributed by atoms with Gasteiger partial charge in [-0.15, -0.1) is 0 Å². The molecule has 126 valence electrons. The summed E-state index contributed by atoms with van der Waals surface area (Å²) in [5.41, 5.74) is 2.34. The fraction of sp³-hybridized carbons (Fsp3) is 0.400. The highest BCUT2D eigenvalue weighted by atomic mass is 16.3. The summed E-state index contributed by atoms with van der Waals surface area (Å²) in [5.74, 6) is 0.444. The minimum Gasteiger partial charge on any atom is -0.393 e. The molecule has 1 aromatic carbocycles. The van der Waals surface area contributed by atoms with E-state index in [0.717, 1.165) is 31.2 Å². The van der Waals surface area contributed by atoms with Gasteiger partial charge in [-0.3, -0.25) is 9.78 Å². The Morgan fingerprint density at radius 1 is 1.12 bits per heavy atom. The summed E-state index contributed by atoms with van der Waals surface area (Å²) in [6.45, 7) is 0. The van der Waals surface area contributed by atoms with Crippen molar-refractivity contribution in [2.75, 3.05) is 0 Å². The number of hydrogen-bond donors (Lipinski definition) is 2. The van der Waals surface area contributed by atoms with Gasteiger partial charge in [-0.1, -0.05) is 30.3 Å². The van der Waals surface area contributed by atoms with Gasteiger partial charge in [0.15, 0.2) is 0 Å². The lowest BCUT2D eigenvalue weighted by Crippen LogP contribution is -2.48. The van der Waals surface area contributed by atoms with Gasteiger partial charge in [0, 0.05) is 24.9 Å². The average Bonchev–Trinajstić information content (AvgIpc) is 2.58. The van der Waals surface area contributed by atoms with Crippen molar-refractivity contribution in [3.05, 3.63) is 66.0 Å². The van der Waals surface area contributed by atoms with E-state index >= 15 is 0 Å². The van der Waals surface area contributed by atoms with E-state index in [1.54, 1.807) is 12.4 Å². The fourth-order valence-electron chi connectivity index (χ4n) is 3.25. The number of pyridine rings is 1. The number of carbonyl (C=O) groups is 1. The molecule has 1 atom stereocenters. The number of rotatable bonds is 7. The molecule has 1 fully saturated rings. The van der Waals surface area contributed by atoms with Gasteiger partial charge in [-0.25, -0.2) is 0 Å². The second-order valence-corrected chi connectivity index (χ2v) is 6.60. The van der Waals surface area contributed by atoms with E-state index in [2.05, 4.69) is 22.4 Å². The summed E-state index contributed by atoms with van der Waals surface area (Å²) >= 11 is 0. The van der Waals surface area contributed by atoms with Crippen molar-refractivity contribution < 1.29 is 9.90 Å². The standard InChI is InChI=1S/C20H24N2O2/c23-18-13-17(14-18)19(12-16-4-2-1-3-5-16)22-20(24)7-6-15-8-10-21-11-9-15/h1-5,8-11,17-19,23H,6-7,12-14H2,(H,22,24). The first kappa shape index (κ1) is 16.7. The van der Waals surface area contributed by atoms with Crippen molar-refractivity contribution in [1.82, 2.24) is 10.3 Å². The molecule has 1 aromatic heterocycles. The SMILES string of the molecule is O=C(CCc1ccncc1)NC(Cc1ccccc1)C1CC(O)C1. The Labute approximate surface area is 142 Å². The van der Waals surface area contributed by atoms with Gasteiger partial charge in [0.25, 0.3) is 0 Å². The van der Waals surface area contributed by atoms with Crippen molar-refractivity contribution >= 4 is 5.91 Å². The molecule has 2 N–H and O–H groups in total. The summed E-state index contributed by atoms with van der Waals surface area (Å²) in [6, 6.07) is 14.2. The number of aryl methyl sites for hydroxylation is 1. The van der Waals surface area contributed by atoms with Crippen molar-refractivity contribution in [3.8, 4) is 0 Å². The van der Waals surface area contributed by atoms with E-state index in [1.165, 1.54) is 5.56 Å². The second-order valence-electron chi connectivity index (χ2n) is 6.60. The van der Waals surface area contributed by atoms with E-state index in [1.807, 2.05) is 30.3 Å². The van der Waals surface area contributed by atoms with Crippen LogP contribution in [-0.4, -0.2) is 28.1 Å². The summed E-state index contributed by atoms with van der Waals surface area (Å²) < 4.78 is 0. The molecular weight excluding hydrogens is 300 g/mol. The minimum atomic E-state index is -0.206. The number of carbonyl (C=O) groups excluding carboxylic acids is 1. The van der Waals surface area contributed by atoms with E-state index < -0.39 is 0 Å². The van der Waals surface area contributed by atoms with Crippen LogP contribution in [0.25, 0.3) is 0 Å². The molecule has 1 aliphatic rings. The van der Waals surface area contributed by atoms with E-state index in [-0.39, 0.29) is 18.1 Å². The van der Waals surface area contributed by atoms with Crippen LogP contribution in [0.3, 0.4) is 0 Å². The molecule has 4 heteroatoms. The molecule has 3 rings (SSSR count). The Morgan fingerprint density at radius 3 is 2.50 bits per heavy atom. The van der Waals surface area contributed by atoms with Gasteiger partial charge in [-0.2, -0.15) is 0 Å². The van der Waals surface area contributed by atoms with Crippen LogP contribution in [-0.2, 0) is 17.6 Å². The van der Waals surface area contributed by atoms with Crippen molar-refractivity contribution in [1.29, 1.82) is 0 Å². The maximum atomic E-state index is 12.4. The van der Waals surface area contributed by atoms with Crippen LogP contribution in [0.15, 0.2) is 54.9 Å². The Kier molecular flexibility index (Phi) is 5.59. The van der Waals surface area contributed by atoms with E-state index in [9.17, 15) is 9.90 Å². The Hall–Kier alpha value is -2.20. The maximum Gasteiger partial charge on any atom is 0.220 e. The summed E-state index contributed by atoms with van der Waals surface area (Å²) in [5, 5.41) is 12.8. The Balaban J connectivity index is 1.55. The number of aliphatic hydroxyl groups excluding tert-OH is 1. The van der Waals surface area contributed by atoms with Gasteiger partial charge in [0.2, 0.25) is 5.91 Å². The number of nitrogens with one attached hydrogen (secondary N) is 1. The molecule has 24 heavy (non-hydrogen) atoms. The third kappa shape index (κ3) is 4.65. The van der Waals surface area contributed by atoms with E-state index in [0.29, 0.717) is 12.3 Å². The third-order valence-corrected chi connectivity index (χ3v) is 4.75. The highest BCUT2D eigenvalue weighted by Gasteiger charge is 2.34. The molecule has 1 saturated carbocycles. The van der Waals surface area contributed by atoms with Crippen molar-refractivity contribution in [3.63, 3.8) is 0 Å². The Bertz CT molecular complexity index is 639. The van der Waals surface area contributed by atoms with E-state index in [4.69, 9.17) is 0 Å². The van der Waals surface area contributed by atoms with Crippen LogP contribution < -0.4 is 5.32 Å². The number of aromatic nitrogens is 1. The van der Waals surface area contributed by atoms with Gasteiger partial charge < -0.3 is 10.4 Å². The number of aliphatic hydroxyl groups is 1. The van der Waals surface area contributed by atoms with Crippen LogP contribution in [0.2, 0.25) is 0 Å². The van der Waals surface area contributed by atoms with Gasteiger partial charge in [0.1, 0.15) is 0 Å². The summed E-state index contributed by atoms with van der Waals surface area (Å²) in [7, 11) is 0. The molecule has 1 heterocycles. The molecule has 1 aliphatic carbocycles. The maximum absolute atomic E-state index is 12.4. The number of nitrogens with zero attached hydrogens (tertiary/aromatic N) is 1. The lowest BCUT2D eigenvalue weighted by Gasteiger charge is -2.38. The van der Waals surface area contributed by atoms with Crippen LogP contribution in [0.5, 0.6) is 0 Å². The average molecular weight is 324 g/mol. The molecule has 0 bridgehead atoms. The topological polar surface area (TPSA) is 62.2 Å². The summed E-state index contributed by atoms with van der Waals surface area (Å²) in [6.07, 6.45) is 6.87. The van der Waals surface area contributed by atoms with Crippen molar-refractivity contribution in [2.45, 2.75) is 44.2 Å². The minimum absolute atomic E-state index is 0.0779. The molecule has 0 radical (unpaired) electrons. The molecule has 0 saturated heterocycles. The monoisotopic (exact) mass is 324 g/mol. The smallest absolute Gasteiger partial charge is 0.220 e. The highest BCUT2D eigenvalue weighted by Crippen LogP contribution is 2.31. The highest BCUT2D eigenvalue weighted by molar-refractivity contribution is 5.76. The van der Waals surface area contributed by atoms with Gasteiger partial charge in [0.05, 0.1) is 6.10 Å². The van der Waals surface area contributed by atoms with Crippen LogP contribution in [0.4, 0.5) is 0 Å². The molecule has 2 aromatic rings. The summed E-state index contributed by atoms with van der Waals surface area (Å²) in [4.78, 5) is 16.3. The quantitative estimate of drug-likeness (QED) is 0.822.